The fraction of sp³-hybridized carbons (Fsp3) is 0.158. The zero-order valence-corrected chi connectivity index (χ0v) is 15.3. The summed E-state index contributed by atoms with van der Waals surface area (Å²) in [6.45, 7) is 4.02. The molecule has 2 heterocycles. The Bertz CT molecular complexity index is 1030. The van der Waals surface area contributed by atoms with E-state index in [1.807, 2.05) is 49.4 Å². The third-order valence-electron chi connectivity index (χ3n) is 3.96. The van der Waals surface area contributed by atoms with Gasteiger partial charge in [0, 0.05) is 5.56 Å². The number of rotatable bonds is 5. The Hall–Kier alpha value is -2.93. The van der Waals surface area contributed by atoms with Crippen molar-refractivity contribution in [3.05, 3.63) is 71.9 Å². The quantitative estimate of drug-likeness (QED) is 0.494. The molecule has 0 saturated heterocycles. The largest absolute Gasteiger partial charge is 0.420 e. The second-order valence-electron chi connectivity index (χ2n) is 5.81. The molecule has 0 aliphatic carbocycles. The van der Waals surface area contributed by atoms with E-state index in [0.29, 0.717) is 17.5 Å². The molecule has 0 fully saturated rings. The van der Waals surface area contributed by atoms with Gasteiger partial charge in [0.15, 0.2) is 5.16 Å². The normalized spacial score (nSPS) is 11.0. The molecule has 0 spiro atoms. The highest BCUT2D eigenvalue weighted by Gasteiger charge is 2.15. The summed E-state index contributed by atoms with van der Waals surface area (Å²) in [4.78, 5) is 0. The molecule has 0 bridgehead atoms. The van der Waals surface area contributed by atoms with Crippen LogP contribution in [0.2, 0.25) is 0 Å². The van der Waals surface area contributed by atoms with Crippen LogP contribution in [0.15, 0.2) is 64.2 Å². The standard InChI is InChI=1S/C19H17N5OS/c1-13-8-6-7-11-16(13)24-14(2)20-23-19(24)26-12-17-21-22-18(25-17)15-9-4-3-5-10-15/h3-11H,12H2,1-2H3. The average molecular weight is 363 g/mol. The first kappa shape index (κ1) is 16.5. The maximum absolute atomic E-state index is 5.77. The number of benzene rings is 2. The van der Waals surface area contributed by atoms with Crippen molar-refractivity contribution in [1.82, 2.24) is 25.0 Å². The van der Waals surface area contributed by atoms with Crippen LogP contribution >= 0.6 is 11.8 Å². The van der Waals surface area contributed by atoms with E-state index in [1.54, 1.807) is 0 Å². The minimum atomic E-state index is 0.526. The molecule has 130 valence electrons. The molecule has 0 atom stereocenters. The van der Waals surface area contributed by atoms with Crippen molar-refractivity contribution in [1.29, 1.82) is 0 Å². The van der Waals surface area contributed by atoms with E-state index < -0.39 is 0 Å². The van der Waals surface area contributed by atoms with Crippen LogP contribution in [0.4, 0.5) is 0 Å². The van der Waals surface area contributed by atoms with Crippen molar-refractivity contribution in [3.63, 3.8) is 0 Å². The van der Waals surface area contributed by atoms with Crippen LogP contribution in [0, 0.1) is 13.8 Å². The zero-order chi connectivity index (χ0) is 17.9. The summed E-state index contributed by atoms with van der Waals surface area (Å²) in [5.74, 6) is 2.46. The van der Waals surface area contributed by atoms with Gasteiger partial charge in [-0.1, -0.05) is 48.2 Å². The lowest BCUT2D eigenvalue weighted by atomic mass is 10.2. The molecule has 0 aliphatic rings. The van der Waals surface area contributed by atoms with Crippen LogP contribution in [-0.4, -0.2) is 25.0 Å². The Morgan fingerprint density at radius 3 is 2.46 bits per heavy atom. The topological polar surface area (TPSA) is 69.6 Å². The highest BCUT2D eigenvalue weighted by atomic mass is 32.2. The third kappa shape index (κ3) is 3.25. The van der Waals surface area contributed by atoms with Gasteiger partial charge in [0.05, 0.1) is 11.4 Å². The first-order chi connectivity index (χ1) is 12.7. The summed E-state index contributed by atoms with van der Waals surface area (Å²) in [5.41, 5.74) is 3.16. The molecule has 26 heavy (non-hydrogen) atoms. The van der Waals surface area contributed by atoms with Crippen LogP contribution in [-0.2, 0) is 5.75 Å². The van der Waals surface area contributed by atoms with Gasteiger partial charge in [-0.3, -0.25) is 4.57 Å². The van der Waals surface area contributed by atoms with Gasteiger partial charge in [-0.05, 0) is 37.6 Å². The van der Waals surface area contributed by atoms with Crippen molar-refractivity contribution in [3.8, 4) is 17.1 Å². The van der Waals surface area contributed by atoms with Gasteiger partial charge in [-0.15, -0.1) is 20.4 Å². The Morgan fingerprint density at radius 2 is 1.65 bits per heavy atom. The molecule has 0 saturated carbocycles. The molecule has 4 rings (SSSR count). The first-order valence-corrected chi connectivity index (χ1v) is 9.19. The zero-order valence-electron chi connectivity index (χ0n) is 14.5. The minimum absolute atomic E-state index is 0.526. The second-order valence-corrected chi connectivity index (χ2v) is 6.75. The number of aromatic nitrogens is 5. The maximum Gasteiger partial charge on any atom is 0.247 e. The number of hydrogen-bond donors (Lipinski definition) is 0. The number of hydrogen-bond acceptors (Lipinski definition) is 6. The van der Waals surface area contributed by atoms with Crippen LogP contribution in [0.5, 0.6) is 0 Å². The number of nitrogens with zero attached hydrogens (tertiary/aromatic N) is 5. The Morgan fingerprint density at radius 1 is 0.885 bits per heavy atom. The van der Waals surface area contributed by atoms with E-state index in [0.717, 1.165) is 22.2 Å². The molecule has 0 unspecified atom stereocenters. The van der Waals surface area contributed by atoms with Gasteiger partial charge in [0.1, 0.15) is 5.82 Å². The molecule has 0 radical (unpaired) electrons. The Balaban J connectivity index is 1.55. The molecule has 0 amide bonds. The highest BCUT2D eigenvalue weighted by molar-refractivity contribution is 7.98. The van der Waals surface area contributed by atoms with Gasteiger partial charge >= 0.3 is 0 Å². The van der Waals surface area contributed by atoms with E-state index >= 15 is 0 Å². The number of thioether (sulfide) groups is 1. The fourth-order valence-corrected chi connectivity index (χ4v) is 3.49. The molecular weight excluding hydrogens is 346 g/mol. The molecular formula is C19H17N5OS. The fourth-order valence-electron chi connectivity index (χ4n) is 2.66. The summed E-state index contributed by atoms with van der Waals surface area (Å²) in [6, 6.07) is 17.9. The lowest BCUT2D eigenvalue weighted by molar-refractivity contribution is 0.528. The molecule has 0 N–H and O–H groups in total. The van der Waals surface area contributed by atoms with E-state index in [2.05, 4.69) is 44.0 Å². The summed E-state index contributed by atoms with van der Waals surface area (Å²) >= 11 is 1.53. The van der Waals surface area contributed by atoms with E-state index in [-0.39, 0.29) is 0 Å². The Kier molecular flexibility index (Phi) is 4.53. The SMILES string of the molecule is Cc1ccccc1-n1c(C)nnc1SCc1nnc(-c2ccccc2)o1. The average Bonchev–Trinajstić information content (AvgIpc) is 3.28. The maximum atomic E-state index is 5.77. The van der Waals surface area contributed by atoms with Crippen LogP contribution in [0.1, 0.15) is 17.3 Å². The summed E-state index contributed by atoms with van der Waals surface area (Å²) in [5, 5.41) is 17.6. The van der Waals surface area contributed by atoms with Crippen LogP contribution in [0.25, 0.3) is 17.1 Å². The second kappa shape index (κ2) is 7.13. The van der Waals surface area contributed by atoms with Crippen LogP contribution in [0.3, 0.4) is 0 Å². The molecule has 2 aromatic heterocycles. The lowest BCUT2D eigenvalue weighted by Crippen LogP contribution is -2.01. The molecule has 0 aliphatic heterocycles. The van der Waals surface area contributed by atoms with E-state index in [1.165, 1.54) is 17.3 Å². The van der Waals surface area contributed by atoms with Gasteiger partial charge in [0.2, 0.25) is 11.8 Å². The third-order valence-corrected chi connectivity index (χ3v) is 4.88. The molecule has 6 nitrogen and oxygen atoms in total. The molecule has 4 aromatic rings. The van der Waals surface area contributed by atoms with Gasteiger partial charge in [-0.25, -0.2) is 0 Å². The minimum Gasteiger partial charge on any atom is -0.420 e. The predicted molar refractivity (Wildman–Crippen MR) is 100 cm³/mol. The lowest BCUT2D eigenvalue weighted by Gasteiger charge is -2.10. The summed E-state index contributed by atoms with van der Waals surface area (Å²) < 4.78 is 7.82. The monoisotopic (exact) mass is 363 g/mol. The number of para-hydroxylation sites is 1. The van der Waals surface area contributed by atoms with Gasteiger partial charge in [-0.2, -0.15) is 0 Å². The molecule has 7 heteroatoms. The smallest absolute Gasteiger partial charge is 0.247 e. The van der Waals surface area contributed by atoms with Crippen molar-refractivity contribution in [2.75, 3.05) is 0 Å². The van der Waals surface area contributed by atoms with Crippen LogP contribution < -0.4 is 0 Å². The highest BCUT2D eigenvalue weighted by Crippen LogP contribution is 2.27. The van der Waals surface area contributed by atoms with Crippen molar-refractivity contribution >= 4 is 11.8 Å². The summed E-state index contributed by atoms with van der Waals surface area (Å²) in [7, 11) is 0. The molecule has 2 aromatic carbocycles. The van der Waals surface area contributed by atoms with Crippen molar-refractivity contribution in [2.24, 2.45) is 0 Å². The van der Waals surface area contributed by atoms with E-state index in [4.69, 9.17) is 4.42 Å². The van der Waals surface area contributed by atoms with Crippen molar-refractivity contribution < 1.29 is 4.42 Å². The number of aryl methyl sites for hydroxylation is 2. The summed E-state index contributed by atoms with van der Waals surface area (Å²) in [6.07, 6.45) is 0. The van der Waals surface area contributed by atoms with Gasteiger partial charge < -0.3 is 4.42 Å². The van der Waals surface area contributed by atoms with Gasteiger partial charge in [0.25, 0.3) is 0 Å². The van der Waals surface area contributed by atoms with E-state index in [9.17, 15) is 0 Å². The van der Waals surface area contributed by atoms with Crippen molar-refractivity contribution in [2.45, 2.75) is 24.8 Å². The Labute approximate surface area is 155 Å². The first-order valence-electron chi connectivity index (χ1n) is 8.21. The predicted octanol–water partition coefficient (Wildman–Crippen LogP) is 4.23.